The van der Waals surface area contributed by atoms with Crippen LogP contribution in [0, 0.1) is 0 Å². The first-order valence-corrected chi connectivity index (χ1v) is 5.71. The molecule has 80 valence electrons. The predicted molar refractivity (Wildman–Crippen MR) is 63.3 cm³/mol. The summed E-state index contributed by atoms with van der Waals surface area (Å²) in [6, 6.07) is 5.90. The summed E-state index contributed by atoms with van der Waals surface area (Å²) in [5, 5.41) is 14.0. The molecular weight excluding hydrogens is 222 g/mol. The number of fused-ring (bicyclic) bond motifs is 1. The molecule has 0 unspecified atom stereocenters. The molecule has 0 spiro atoms. The molecule has 0 fully saturated rings. The van der Waals surface area contributed by atoms with E-state index in [1.54, 1.807) is 11.3 Å². The molecule has 2 heterocycles. The van der Waals surface area contributed by atoms with Crippen molar-refractivity contribution in [3.63, 3.8) is 0 Å². The number of rotatable bonds is 3. The van der Waals surface area contributed by atoms with E-state index >= 15 is 0 Å². The third kappa shape index (κ3) is 1.74. The standard InChI is InChI=1S/C10H9N5S/c1-2-9-10(14-15-13-9)3-7(1)12-5-8-4-11-6-16-8/h1-4,6,12H,5H2,(H,13,14,15). The summed E-state index contributed by atoms with van der Waals surface area (Å²) in [5.74, 6) is 0. The first-order chi connectivity index (χ1) is 7.92. The Kier molecular flexibility index (Phi) is 2.26. The molecule has 0 aliphatic heterocycles. The quantitative estimate of drug-likeness (QED) is 0.723. The highest BCUT2D eigenvalue weighted by Crippen LogP contribution is 2.16. The molecule has 2 N–H and O–H groups in total. The second-order valence-electron chi connectivity index (χ2n) is 3.35. The number of hydrogen-bond acceptors (Lipinski definition) is 5. The molecule has 2 aromatic heterocycles. The zero-order valence-corrected chi connectivity index (χ0v) is 9.16. The zero-order valence-electron chi connectivity index (χ0n) is 8.34. The van der Waals surface area contributed by atoms with Crippen LogP contribution in [0.25, 0.3) is 11.0 Å². The predicted octanol–water partition coefficient (Wildman–Crippen LogP) is 2.03. The molecule has 0 amide bonds. The van der Waals surface area contributed by atoms with Gasteiger partial charge in [0.25, 0.3) is 0 Å². The Hall–Kier alpha value is -1.95. The fraction of sp³-hybridized carbons (Fsp3) is 0.100. The van der Waals surface area contributed by atoms with Gasteiger partial charge < -0.3 is 5.32 Å². The molecule has 0 bridgehead atoms. The van der Waals surface area contributed by atoms with Gasteiger partial charge in [0.2, 0.25) is 0 Å². The largest absolute Gasteiger partial charge is 0.380 e. The van der Waals surface area contributed by atoms with Crippen molar-refractivity contribution in [2.45, 2.75) is 6.54 Å². The van der Waals surface area contributed by atoms with Crippen molar-refractivity contribution in [1.29, 1.82) is 0 Å². The van der Waals surface area contributed by atoms with Crippen LogP contribution in [0.5, 0.6) is 0 Å². The van der Waals surface area contributed by atoms with Gasteiger partial charge in [-0.15, -0.1) is 11.3 Å². The maximum absolute atomic E-state index is 4.04. The average Bonchev–Trinajstić information content (AvgIpc) is 2.97. The number of nitrogens with zero attached hydrogens (tertiary/aromatic N) is 3. The summed E-state index contributed by atoms with van der Waals surface area (Å²) in [4.78, 5) is 5.24. The van der Waals surface area contributed by atoms with Crippen LogP contribution in [0.1, 0.15) is 4.88 Å². The molecular formula is C10H9N5S. The lowest BCUT2D eigenvalue weighted by molar-refractivity contribution is 0.959. The molecule has 1 aromatic carbocycles. The van der Waals surface area contributed by atoms with E-state index in [-0.39, 0.29) is 0 Å². The summed E-state index contributed by atoms with van der Waals surface area (Å²) >= 11 is 1.64. The monoisotopic (exact) mass is 231 g/mol. The molecule has 0 aliphatic carbocycles. The fourth-order valence-electron chi connectivity index (χ4n) is 1.47. The third-order valence-corrected chi connectivity index (χ3v) is 3.05. The van der Waals surface area contributed by atoms with Crippen molar-refractivity contribution in [2.75, 3.05) is 5.32 Å². The second kappa shape index (κ2) is 3.90. The first kappa shape index (κ1) is 9.29. The molecule has 0 atom stereocenters. The van der Waals surface area contributed by atoms with E-state index in [2.05, 4.69) is 25.7 Å². The van der Waals surface area contributed by atoms with E-state index in [9.17, 15) is 0 Å². The molecule has 0 saturated carbocycles. The lowest BCUT2D eigenvalue weighted by Crippen LogP contribution is -1.96. The van der Waals surface area contributed by atoms with Crippen molar-refractivity contribution in [3.05, 3.63) is 34.8 Å². The highest BCUT2D eigenvalue weighted by Gasteiger charge is 2.00. The lowest BCUT2D eigenvalue weighted by atomic mass is 10.3. The second-order valence-corrected chi connectivity index (χ2v) is 4.32. The maximum atomic E-state index is 4.04. The number of aromatic nitrogens is 4. The van der Waals surface area contributed by atoms with E-state index in [1.807, 2.05) is 29.9 Å². The zero-order chi connectivity index (χ0) is 10.8. The van der Waals surface area contributed by atoms with Crippen LogP contribution in [0.2, 0.25) is 0 Å². The van der Waals surface area contributed by atoms with Gasteiger partial charge in [-0.25, -0.2) is 0 Å². The number of aromatic amines is 1. The smallest absolute Gasteiger partial charge is 0.115 e. The number of H-pyrrole nitrogens is 1. The number of hydrogen-bond donors (Lipinski definition) is 2. The Labute approximate surface area is 95.5 Å². The first-order valence-electron chi connectivity index (χ1n) is 4.83. The van der Waals surface area contributed by atoms with Crippen molar-refractivity contribution >= 4 is 28.1 Å². The van der Waals surface area contributed by atoms with Gasteiger partial charge >= 0.3 is 0 Å². The highest BCUT2D eigenvalue weighted by molar-refractivity contribution is 7.09. The van der Waals surface area contributed by atoms with E-state index in [1.165, 1.54) is 4.88 Å². The summed E-state index contributed by atoms with van der Waals surface area (Å²) < 4.78 is 0. The maximum Gasteiger partial charge on any atom is 0.115 e. The van der Waals surface area contributed by atoms with Crippen molar-refractivity contribution in [2.24, 2.45) is 0 Å². The molecule has 3 aromatic rings. The van der Waals surface area contributed by atoms with E-state index < -0.39 is 0 Å². The molecule has 16 heavy (non-hydrogen) atoms. The van der Waals surface area contributed by atoms with Crippen molar-refractivity contribution < 1.29 is 0 Å². The van der Waals surface area contributed by atoms with Gasteiger partial charge in [-0.1, -0.05) is 0 Å². The minimum atomic E-state index is 0.786. The van der Waals surface area contributed by atoms with Gasteiger partial charge in [0, 0.05) is 16.8 Å². The van der Waals surface area contributed by atoms with Gasteiger partial charge in [0.15, 0.2) is 0 Å². The Morgan fingerprint density at radius 2 is 2.19 bits per heavy atom. The van der Waals surface area contributed by atoms with Crippen LogP contribution >= 0.6 is 11.3 Å². The normalized spacial score (nSPS) is 10.8. The van der Waals surface area contributed by atoms with Gasteiger partial charge in [-0.3, -0.25) is 4.98 Å². The molecule has 0 aliphatic rings. The molecule has 0 radical (unpaired) electrons. The summed E-state index contributed by atoms with van der Waals surface area (Å²) in [5.41, 5.74) is 4.62. The van der Waals surface area contributed by atoms with E-state index in [0.29, 0.717) is 0 Å². The number of thiazole rings is 1. The number of anilines is 1. The molecule has 0 saturated heterocycles. The third-order valence-electron chi connectivity index (χ3n) is 2.27. The Bertz CT molecular complexity index is 586. The Morgan fingerprint density at radius 3 is 3.06 bits per heavy atom. The van der Waals surface area contributed by atoms with Crippen LogP contribution in [-0.2, 0) is 6.54 Å². The van der Waals surface area contributed by atoms with Crippen molar-refractivity contribution in [3.8, 4) is 0 Å². The fourth-order valence-corrected chi connectivity index (χ4v) is 2.00. The van der Waals surface area contributed by atoms with Crippen LogP contribution in [0.4, 0.5) is 5.69 Å². The van der Waals surface area contributed by atoms with Gasteiger partial charge in [0.05, 0.1) is 12.1 Å². The Morgan fingerprint density at radius 1 is 1.25 bits per heavy atom. The van der Waals surface area contributed by atoms with Crippen LogP contribution in [0.3, 0.4) is 0 Å². The van der Waals surface area contributed by atoms with Crippen LogP contribution in [0.15, 0.2) is 29.9 Å². The number of nitrogens with one attached hydrogen (secondary N) is 2. The van der Waals surface area contributed by atoms with E-state index in [4.69, 9.17) is 0 Å². The minimum absolute atomic E-state index is 0.786. The van der Waals surface area contributed by atoms with Gasteiger partial charge in [-0.05, 0) is 18.2 Å². The minimum Gasteiger partial charge on any atom is -0.380 e. The lowest BCUT2D eigenvalue weighted by Gasteiger charge is -2.03. The summed E-state index contributed by atoms with van der Waals surface area (Å²) in [6.07, 6.45) is 1.87. The summed E-state index contributed by atoms with van der Waals surface area (Å²) in [7, 11) is 0. The SMILES string of the molecule is c1ncc(CNc2ccc3n[nH]nc3c2)s1. The molecule has 5 nitrogen and oxygen atoms in total. The van der Waals surface area contributed by atoms with Crippen molar-refractivity contribution in [1.82, 2.24) is 20.4 Å². The van der Waals surface area contributed by atoms with E-state index in [0.717, 1.165) is 23.3 Å². The average molecular weight is 231 g/mol. The molecule has 6 heteroatoms. The number of benzene rings is 1. The highest BCUT2D eigenvalue weighted by atomic mass is 32.1. The van der Waals surface area contributed by atoms with Gasteiger partial charge in [0.1, 0.15) is 11.0 Å². The molecule has 3 rings (SSSR count). The van der Waals surface area contributed by atoms with Gasteiger partial charge in [-0.2, -0.15) is 15.4 Å². The van der Waals surface area contributed by atoms with Crippen LogP contribution < -0.4 is 5.32 Å². The summed E-state index contributed by atoms with van der Waals surface area (Å²) in [6.45, 7) is 0.786. The van der Waals surface area contributed by atoms with Crippen LogP contribution in [-0.4, -0.2) is 20.4 Å². The topological polar surface area (TPSA) is 66.5 Å². The Balaban J connectivity index is 1.78.